The molecule has 0 aliphatic heterocycles. The number of benzene rings is 1. The number of methoxy groups -OCH3 is 1. The maximum atomic E-state index is 12.6. The zero-order valence-electron chi connectivity index (χ0n) is 14.4. The highest BCUT2D eigenvalue weighted by atomic mass is 79.9. The average Bonchev–Trinajstić information content (AvgIpc) is 2.90. The number of fused-ring (bicyclic) bond motifs is 1. The van der Waals surface area contributed by atoms with Gasteiger partial charge >= 0.3 is 5.97 Å². The minimum atomic E-state index is -0.386. The van der Waals surface area contributed by atoms with Gasteiger partial charge in [0.05, 0.1) is 12.7 Å². The van der Waals surface area contributed by atoms with Crippen molar-refractivity contribution in [2.45, 2.75) is 33.1 Å². The van der Waals surface area contributed by atoms with Gasteiger partial charge < -0.3 is 10.1 Å². The van der Waals surface area contributed by atoms with Gasteiger partial charge in [-0.15, -0.1) is 11.3 Å². The number of halogens is 1. The molecule has 0 bridgehead atoms. The molecule has 4 nitrogen and oxygen atoms in total. The lowest BCUT2D eigenvalue weighted by molar-refractivity contribution is 0.0600. The highest BCUT2D eigenvalue weighted by Crippen LogP contribution is 2.44. The number of hydrogen-bond donors (Lipinski definition) is 1. The summed E-state index contributed by atoms with van der Waals surface area (Å²) in [5, 5.41) is 3.50. The zero-order valence-corrected chi connectivity index (χ0v) is 16.8. The number of amides is 1. The Morgan fingerprint density at radius 1 is 1.24 bits per heavy atom. The Balaban J connectivity index is 1.95. The number of esters is 1. The Morgan fingerprint density at radius 3 is 2.56 bits per heavy atom. The van der Waals surface area contributed by atoms with E-state index in [2.05, 4.69) is 35.1 Å². The van der Waals surface area contributed by atoms with Gasteiger partial charge in [-0.25, -0.2) is 4.79 Å². The van der Waals surface area contributed by atoms with Gasteiger partial charge in [-0.2, -0.15) is 0 Å². The largest absolute Gasteiger partial charge is 0.465 e. The first-order valence-electron chi connectivity index (χ1n) is 8.10. The van der Waals surface area contributed by atoms with Crippen LogP contribution in [-0.2, 0) is 17.6 Å². The van der Waals surface area contributed by atoms with E-state index in [1.165, 1.54) is 23.3 Å². The van der Waals surface area contributed by atoms with Gasteiger partial charge in [-0.3, -0.25) is 4.79 Å². The van der Waals surface area contributed by atoms with Crippen molar-refractivity contribution in [3.63, 3.8) is 0 Å². The third kappa shape index (κ3) is 3.80. The van der Waals surface area contributed by atoms with Crippen LogP contribution in [-0.4, -0.2) is 19.0 Å². The monoisotopic (exact) mass is 421 g/mol. The molecule has 1 amide bonds. The molecule has 0 radical (unpaired) electrons. The second kappa shape index (κ2) is 6.92. The van der Waals surface area contributed by atoms with Crippen molar-refractivity contribution < 1.29 is 14.3 Å². The lowest BCUT2D eigenvalue weighted by atomic mass is 9.77. The number of carbonyl (C=O) groups excluding carboxylic acids is 2. The summed E-state index contributed by atoms with van der Waals surface area (Å²) in [6.07, 6.45) is 2.75. The molecule has 0 spiro atoms. The smallest absolute Gasteiger partial charge is 0.341 e. The van der Waals surface area contributed by atoms with Crippen molar-refractivity contribution in [2.75, 3.05) is 12.4 Å². The van der Waals surface area contributed by atoms with Crippen LogP contribution < -0.4 is 5.32 Å². The third-order valence-electron chi connectivity index (χ3n) is 4.50. The second-order valence-electron chi connectivity index (χ2n) is 7.00. The van der Waals surface area contributed by atoms with E-state index in [0.29, 0.717) is 16.1 Å². The van der Waals surface area contributed by atoms with Crippen molar-refractivity contribution >= 4 is 44.1 Å². The van der Waals surface area contributed by atoms with Crippen LogP contribution in [0.5, 0.6) is 0 Å². The van der Waals surface area contributed by atoms with Crippen LogP contribution in [0, 0.1) is 5.41 Å². The van der Waals surface area contributed by atoms with E-state index in [4.69, 9.17) is 4.74 Å². The Hall–Kier alpha value is -1.66. The second-order valence-corrected chi connectivity index (χ2v) is 9.02. The summed E-state index contributed by atoms with van der Waals surface area (Å²) in [7, 11) is 1.37. The predicted octanol–water partition coefficient (Wildman–Crippen LogP) is 5.06. The minimum absolute atomic E-state index is 0.207. The van der Waals surface area contributed by atoms with Crippen LogP contribution in [0.15, 0.2) is 28.7 Å². The number of rotatable bonds is 3. The van der Waals surface area contributed by atoms with E-state index in [9.17, 15) is 9.59 Å². The van der Waals surface area contributed by atoms with Crippen molar-refractivity contribution in [3.8, 4) is 0 Å². The molecule has 0 atom stereocenters. The highest BCUT2D eigenvalue weighted by molar-refractivity contribution is 9.10. The number of nitrogens with one attached hydrogen (secondary N) is 1. The predicted molar refractivity (Wildman–Crippen MR) is 104 cm³/mol. The van der Waals surface area contributed by atoms with Crippen LogP contribution in [0.1, 0.15) is 51.4 Å². The van der Waals surface area contributed by atoms with E-state index >= 15 is 0 Å². The van der Waals surface area contributed by atoms with E-state index < -0.39 is 0 Å². The summed E-state index contributed by atoms with van der Waals surface area (Å²) in [6.45, 7) is 4.46. The van der Waals surface area contributed by atoms with Crippen molar-refractivity contribution in [1.82, 2.24) is 0 Å². The molecule has 2 aromatic rings. The van der Waals surface area contributed by atoms with Gasteiger partial charge in [0.2, 0.25) is 0 Å². The van der Waals surface area contributed by atoms with Crippen LogP contribution in [0.2, 0.25) is 0 Å². The van der Waals surface area contributed by atoms with E-state index in [-0.39, 0.29) is 17.3 Å². The van der Waals surface area contributed by atoms with E-state index in [1.54, 1.807) is 12.1 Å². The molecule has 0 saturated carbocycles. The summed E-state index contributed by atoms with van der Waals surface area (Å²) in [4.78, 5) is 26.0. The Kier molecular flexibility index (Phi) is 5.02. The standard InChI is InChI=1S/C19H20BrNO3S/c1-19(2)9-8-13-14(10-19)25-17(15(13)18(23)24-3)21-16(22)11-4-6-12(20)7-5-11/h4-7H,8-10H2,1-3H3,(H,21,22). The van der Waals surface area contributed by atoms with Crippen molar-refractivity contribution in [2.24, 2.45) is 5.41 Å². The van der Waals surface area contributed by atoms with Gasteiger partial charge in [-0.1, -0.05) is 29.8 Å². The number of ether oxygens (including phenoxy) is 1. The molecule has 0 unspecified atom stereocenters. The highest BCUT2D eigenvalue weighted by Gasteiger charge is 2.33. The molecular formula is C19H20BrNO3S. The Labute approximate surface area is 159 Å². The molecular weight excluding hydrogens is 402 g/mol. The Bertz CT molecular complexity index is 824. The summed E-state index contributed by atoms with van der Waals surface area (Å²) in [5.74, 6) is -0.612. The maximum Gasteiger partial charge on any atom is 0.341 e. The molecule has 1 N–H and O–H groups in total. The molecule has 1 aliphatic carbocycles. The maximum absolute atomic E-state index is 12.6. The van der Waals surface area contributed by atoms with Crippen LogP contribution >= 0.6 is 27.3 Å². The minimum Gasteiger partial charge on any atom is -0.465 e. The topological polar surface area (TPSA) is 55.4 Å². The summed E-state index contributed by atoms with van der Waals surface area (Å²) < 4.78 is 5.88. The van der Waals surface area contributed by atoms with Crippen LogP contribution in [0.3, 0.4) is 0 Å². The first-order chi connectivity index (χ1) is 11.8. The van der Waals surface area contributed by atoms with Gasteiger partial charge in [0, 0.05) is 14.9 Å². The van der Waals surface area contributed by atoms with Crippen molar-refractivity contribution in [3.05, 3.63) is 50.3 Å². The van der Waals surface area contributed by atoms with Gasteiger partial charge in [0.1, 0.15) is 5.00 Å². The number of anilines is 1. The number of thiophene rings is 1. The first-order valence-corrected chi connectivity index (χ1v) is 9.71. The normalized spacial score (nSPS) is 15.4. The van der Waals surface area contributed by atoms with Crippen LogP contribution in [0.4, 0.5) is 5.00 Å². The lowest BCUT2D eigenvalue weighted by Gasteiger charge is -2.29. The van der Waals surface area contributed by atoms with E-state index in [1.807, 2.05) is 12.1 Å². The van der Waals surface area contributed by atoms with Gasteiger partial charge in [-0.05, 0) is 54.5 Å². The summed E-state index contributed by atoms with van der Waals surface area (Å²) in [6, 6.07) is 7.12. The van der Waals surface area contributed by atoms with Crippen LogP contribution in [0.25, 0.3) is 0 Å². The average molecular weight is 422 g/mol. The molecule has 1 aliphatic rings. The summed E-state index contributed by atoms with van der Waals surface area (Å²) >= 11 is 4.85. The van der Waals surface area contributed by atoms with Gasteiger partial charge in [0.25, 0.3) is 5.91 Å². The van der Waals surface area contributed by atoms with Gasteiger partial charge in [0.15, 0.2) is 0 Å². The molecule has 1 aromatic carbocycles. The third-order valence-corrected chi connectivity index (χ3v) is 6.18. The lowest BCUT2D eigenvalue weighted by Crippen LogP contribution is -2.22. The molecule has 1 aromatic heterocycles. The molecule has 0 saturated heterocycles. The first kappa shape index (κ1) is 18.1. The Morgan fingerprint density at radius 2 is 1.92 bits per heavy atom. The van der Waals surface area contributed by atoms with E-state index in [0.717, 1.165) is 29.3 Å². The molecule has 6 heteroatoms. The molecule has 0 fully saturated rings. The fourth-order valence-electron chi connectivity index (χ4n) is 3.09. The molecule has 25 heavy (non-hydrogen) atoms. The number of carbonyl (C=O) groups is 2. The zero-order chi connectivity index (χ0) is 18.2. The molecule has 3 rings (SSSR count). The fraction of sp³-hybridized carbons (Fsp3) is 0.368. The SMILES string of the molecule is COC(=O)c1c(NC(=O)c2ccc(Br)cc2)sc2c1CCC(C)(C)C2. The number of hydrogen-bond acceptors (Lipinski definition) is 4. The molecule has 132 valence electrons. The summed E-state index contributed by atoms with van der Waals surface area (Å²) in [5.41, 5.74) is 2.30. The fourth-order valence-corrected chi connectivity index (χ4v) is 4.84. The molecule has 1 heterocycles. The quantitative estimate of drug-likeness (QED) is 0.704. The van der Waals surface area contributed by atoms with Crippen molar-refractivity contribution in [1.29, 1.82) is 0 Å².